The first kappa shape index (κ1) is 12.3. The largest absolute Gasteiger partial charge is 0.489 e. The minimum Gasteiger partial charge on any atom is -0.489 e. The Hall–Kier alpha value is -2.11. The normalized spacial score (nSPS) is 10.6. The van der Waals surface area contributed by atoms with Crippen molar-refractivity contribution < 1.29 is 9.13 Å². The molecule has 96 valence electrons. The van der Waals surface area contributed by atoms with Crippen LogP contribution in [-0.4, -0.2) is 21.6 Å². The van der Waals surface area contributed by atoms with E-state index in [-0.39, 0.29) is 11.6 Å². The zero-order valence-corrected chi connectivity index (χ0v) is 10.1. The third-order valence-corrected chi connectivity index (χ3v) is 2.60. The maximum absolute atomic E-state index is 13.3. The lowest BCUT2D eigenvalue weighted by molar-refractivity contribution is 0.275. The molecule has 2 N–H and O–H groups in total. The highest BCUT2D eigenvalue weighted by Crippen LogP contribution is 2.15. The van der Waals surface area contributed by atoms with E-state index < -0.39 is 0 Å². The van der Waals surface area contributed by atoms with E-state index in [2.05, 4.69) is 10.3 Å². The molecule has 2 rings (SSSR count). The molecule has 0 aliphatic heterocycles. The Bertz CT molecular complexity index is 527. The van der Waals surface area contributed by atoms with E-state index in [0.717, 1.165) is 12.1 Å². The first-order valence-corrected chi connectivity index (χ1v) is 5.77. The number of anilines is 1. The Balaban J connectivity index is 1.95. The third kappa shape index (κ3) is 2.58. The number of para-hydroxylation sites is 1. The van der Waals surface area contributed by atoms with Crippen molar-refractivity contribution in [3.63, 3.8) is 0 Å². The molecule has 0 saturated carbocycles. The van der Waals surface area contributed by atoms with E-state index in [1.54, 1.807) is 22.9 Å². The van der Waals surface area contributed by atoms with Gasteiger partial charge in [0.05, 0.1) is 12.2 Å². The van der Waals surface area contributed by atoms with Crippen molar-refractivity contribution in [2.24, 2.45) is 0 Å². The minimum atomic E-state index is -0.369. The molecular weight excluding hydrogens is 235 g/mol. The second-order valence-electron chi connectivity index (χ2n) is 3.78. The molecule has 6 heteroatoms. The summed E-state index contributed by atoms with van der Waals surface area (Å²) in [5.41, 5.74) is 6.53. The van der Waals surface area contributed by atoms with Gasteiger partial charge in [-0.2, -0.15) is 0 Å². The highest BCUT2D eigenvalue weighted by Gasteiger charge is 2.08. The molecular formula is C12H15FN4O. The molecule has 1 heterocycles. The van der Waals surface area contributed by atoms with Crippen LogP contribution in [0, 0.1) is 5.82 Å². The average molecular weight is 250 g/mol. The quantitative estimate of drug-likeness (QED) is 0.876. The summed E-state index contributed by atoms with van der Waals surface area (Å²) in [5, 5.41) is 7.70. The van der Waals surface area contributed by atoms with Gasteiger partial charge in [0, 0.05) is 0 Å². The number of nitrogen functional groups attached to an aromatic ring is 1. The topological polar surface area (TPSA) is 66.0 Å². The van der Waals surface area contributed by atoms with Crippen LogP contribution in [0.3, 0.4) is 0 Å². The highest BCUT2D eigenvalue weighted by molar-refractivity contribution is 5.32. The van der Waals surface area contributed by atoms with Crippen LogP contribution >= 0.6 is 0 Å². The van der Waals surface area contributed by atoms with Gasteiger partial charge >= 0.3 is 0 Å². The zero-order valence-electron chi connectivity index (χ0n) is 10.1. The lowest BCUT2D eigenvalue weighted by Crippen LogP contribution is -2.12. The van der Waals surface area contributed by atoms with Crippen LogP contribution in [0.15, 0.2) is 24.3 Å². The summed E-state index contributed by atoms with van der Waals surface area (Å²) < 4.78 is 20.3. The smallest absolute Gasteiger partial charge is 0.169 e. The molecule has 1 aromatic heterocycles. The molecule has 0 radical (unpaired) electrons. The van der Waals surface area contributed by atoms with E-state index in [1.165, 1.54) is 6.07 Å². The number of nitrogens with two attached hydrogens (primary N) is 1. The number of benzene rings is 1. The number of hydrogen-bond donors (Lipinski definition) is 1. The van der Waals surface area contributed by atoms with Crippen LogP contribution in [0.5, 0.6) is 5.75 Å². The Morgan fingerprint density at radius 1 is 1.39 bits per heavy atom. The van der Waals surface area contributed by atoms with Crippen molar-refractivity contribution in [1.82, 2.24) is 15.0 Å². The van der Waals surface area contributed by atoms with Crippen LogP contribution in [0.4, 0.5) is 10.2 Å². The van der Waals surface area contributed by atoms with Crippen molar-refractivity contribution in [1.29, 1.82) is 0 Å². The van der Waals surface area contributed by atoms with E-state index in [0.29, 0.717) is 19.0 Å². The summed E-state index contributed by atoms with van der Waals surface area (Å²) in [5.74, 6) is 0.304. The molecule has 0 fully saturated rings. The van der Waals surface area contributed by atoms with Crippen LogP contribution in [0.1, 0.15) is 12.6 Å². The first-order chi connectivity index (χ1) is 8.72. The Morgan fingerprint density at radius 3 is 2.89 bits per heavy atom. The van der Waals surface area contributed by atoms with Crippen molar-refractivity contribution >= 4 is 5.82 Å². The summed E-state index contributed by atoms with van der Waals surface area (Å²) in [6, 6.07) is 6.30. The lowest BCUT2D eigenvalue weighted by Gasteiger charge is -2.08. The zero-order chi connectivity index (χ0) is 13.0. The summed E-state index contributed by atoms with van der Waals surface area (Å²) in [6.07, 6.45) is 0.749. The minimum absolute atomic E-state index is 0.239. The van der Waals surface area contributed by atoms with Gasteiger partial charge in [-0.15, -0.1) is 5.10 Å². The fourth-order valence-electron chi connectivity index (χ4n) is 1.69. The fraction of sp³-hybridized carbons (Fsp3) is 0.333. The fourth-order valence-corrected chi connectivity index (χ4v) is 1.69. The van der Waals surface area contributed by atoms with Crippen molar-refractivity contribution in [3.05, 3.63) is 35.8 Å². The van der Waals surface area contributed by atoms with Crippen molar-refractivity contribution in [2.75, 3.05) is 12.3 Å². The molecule has 0 amide bonds. The van der Waals surface area contributed by atoms with Gasteiger partial charge in [0.25, 0.3) is 0 Å². The molecule has 0 spiro atoms. The summed E-state index contributed by atoms with van der Waals surface area (Å²) in [6.45, 7) is 2.78. The van der Waals surface area contributed by atoms with Gasteiger partial charge in [-0.25, -0.2) is 9.07 Å². The summed E-state index contributed by atoms with van der Waals surface area (Å²) in [7, 11) is 0. The molecule has 0 atom stereocenters. The second kappa shape index (κ2) is 5.48. The van der Waals surface area contributed by atoms with Crippen LogP contribution < -0.4 is 10.5 Å². The Labute approximate surface area is 104 Å². The monoisotopic (exact) mass is 250 g/mol. The molecule has 0 aliphatic carbocycles. The van der Waals surface area contributed by atoms with Crippen molar-refractivity contribution in [3.8, 4) is 5.75 Å². The average Bonchev–Trinajstić information content (AvgIpc) is 2.72. The molecule has 0 aliphatic rings. The molecule has 1 aromatic carbocycles. The Kier molecular flexibility index (Phi) is 3.76. The maximum Gasteiger partial charge on any atom is 0.169 e. The van der Waals surface area contributed by atoms with Crippen molar-refractivity contribution in [2.45, 2.75) is 19.9 Å². The van der Waals surface area contributed by atoms with Gasteiger partial charge in [0.1, 0.15) is 6.61 Å². The standard InChI is InChI=1S/C12H15FN4O/c1-2-10-12(14)15-16-17(10)7-8-18-11-6-4-3-5-9(11)13/h3-6H,2,7-8,14H2,1H3. The van der Waals surface area contributed by atoms with Gasteiger partial charge in [-0.05, 0) is 18.6 Å². The van der Waals surface area contributed by atoms with Gasteiger partial charge in [0.15, 0.2) is 17.4 Å². The number of aromatic nitrogens is 3. The molecule has 18 heavy (non-hydrogen) atoms. The number of hydrogen-bond acceptors (Lipinski definition) is 4. The molecule has 0 unspecified atom stereocenters. The van der Waals surface area contributed by atoms with E-state index >= 15 is 0 Å². The van der Waals surface area contributed by atoms with E-state index in [1.807, 2.05) is 6.92 Å². The number of nitrogens with zero attached hydrogens (tertiary/aromatic N) is 3. The summed E-state index contributed by atoms with van der Waals surface area (Å²) in [4.78, 5) is 0. The molecule has 0 saturated heterocycles. The highest BCUT2D eigenvalue weighted by atomic mass is 19.1. The first-order valence-electron chi connectivity index (χ1n) is 5.77. The summed E-state index contributed by atoms with van der Waals surface area (Å²) >= 11 is 0. The van der Waals surface area contributed by atoms with Gasteiger partial charge in [-0.3, -0.25) is 0 Å². The maximum atomic E-state index is 13.3. The van der Waals surface area contributed by atoms with Gasteiger partial charge in [0.2, 0.25) is 0 Å². The van der Waals surface area contributed by atoms with Crippen LogP contribution in [-0.2, 0) is 13.0 Å². The molecule has 0 bridgehead atoms. The molecule has 2 aromatic rings. The lowest BCUT2D eigenvalue weighted by atomic mass is 10.3. The number of rotatable bonds is 5. The SMILES string of the molecule is CCc1c(N)nnn1CCOc1ccccc1F. The number of halogens is 1. The Morgan fingerprint density at radius 2 is 2.17 bits per heavy atom. The molecule has 5 nitrogen and oxygen atoms in total. The third-order valence-electron chi connectivity index (χ3n) is 2.60. The second-order valence-corrected chi connectivity index (χ2v) is 3.78. The van der Waals surface area contributed by atoms with Gasteiger partial charge < -0.3 is 10.5 Å². The van der Waals surface area contributed by atoms with Gasteiger partial charge in [-0.1, -0.05) is 24.3 Å². The number of ether oxygens (including phenoxy) is 1. The van der Waals surface area contributed by atoms with E-state index in [4.69, 9.17) is 10.5 Å². The predicted octanol–water partition coefficient (Wildman–Crippen LogP) is 1.64. The van der Waals surface area contributed by atoms with Crippen LogP contribution in [0.2, 0.25) is 0 Å². The van der Waals surface area contributed by atoms with Crippen LogP contribution in [0.25, 0.3) is 0 Å². The van der Waals surface area contributed by atoms with E-state index in [9.17, 15) is 4.39 Å². The predicted molar refractivity (Wildman–Crippen MR) is 65.7 cm³/mol.